The third-order valence-electron chi connectivity index (χ3n) is 5.11. The van der Waals surface area contributed by atoms with Crippen molar-refractivity contribution in [1.29, 1.82) is 5.26 Å². The molecule has 160 valence electrons. The molecular weight excluding hydrogens is 398 g/mol. The predicted molar refractivity (Wildman–Crippen MR) is 116 cm³/mol. The van der Waals surface area contributed by atoms with Crippen molar-refractivity contribution in [3.63, 3.8) is 0 Å². The van der Waals surface area contributed by atoms with Gasteiger partial charge in [0, 0.05) is 31.9 Å². The van der Waals surface area contributed by atoms with E-state index >= 15 is 0 Å². The van der Waals surface area contributed by atoms with Crippen molar-refractivity contribution in [3.05, 3.63) is 35.5 Å². The van der Waals surface area contributed by atoms with E-state index in [0.29, 0.717) is 65.1 Å². The summed E-state index contributed by atoms with van der Waals surface area (Å²) in [5, 5.41) is 16.0. The fourth-order valence-electron chi connectivity index (χ4n) is 3.59. The molecule has 3 heterocycles. The Labute approximate surface area is 179 Å². The molecule has 0 bridgehead atoms. The highest BCUT2D eigenvalue weighted by molar-refractivity contribution is 5.96. The van der Waals surface area contributed by atoms with Crippen LogP contribution >= 0.6 is 0 Å². The Morgan fingerprint density at radius 1 is 1.42 bits per heavy atom. The maximum Gasteiger partial charge on any atom is 0.254 e. The second kappa shape index (κ2) is 8.49. The molecule has 1 fully saturated rings. The SMILES string of the molecule is CNc1nc(Nc2ccc(C(=O)N3CCOC(C)C3)cc2OC)nc2[nH]cc(C#N)c12. The Balaban J connectivity index is 1.62. The molecule has 0 aliphatic carbocycles. The number of morpholine rings is 1. The monoisotopic (exact) mass is 421 g/mol. The number of anilines is 3. The van der Waals surface area contributed by atoms with Crippen LogP contribution in [0, 0.1) is 11.3 Å². The smallest absolute Gasteiger partial charge is 0.254 e. The van der Waals surface area contributed by atoms with Crippen molar-refractivity contribution in [2.75, 3.05) is 44.5 Å². The lowest BCUT2D eigenvalue weighted by atomic mass is 10.1. The van der Waals surface area contributed by atoms with Crippen LogP contribution in [0.25, 0.3) is 11.0 Å². The van der Waals surface area contributed by atoms with Crippen molar-refractivity contribution in [3.8, 4) is 11.8 Å². The van der Waals surface area contributed by atoms with Crippen LogP contribution < -0.4 is 15.4 Å². The third kappa shape index (κ3) is 3.95. The number of amides is 1. The summed E-state index contributed by atoms with van der Waals surface area (Å²) >= 11 is 0. The highest BCUT2D eigenvalue weighted by atomic mass is 16.5. The quantitative estimate of drug-likeness (QED) is 0.573. The van der Waals surface area contributed by atoms with Gasteiger partial charge >= 0.3 is 0 Å². The number of carbonyl (C=O) groups excluding carboxylic acids is 1. The van der Waals surface area contributed by atoms with E-state index < -0.39 is 0 Å². The number of aromatic amines is 1. The number of rotatable bonds is 5. The lowest BCUT2D eigenvalue weighted by Gasteiger charge is -2.31. The van der Waals surface area contributed by atoms with Gasteiger partial charge in [-0.15, -0.1) is 0 Å². The Hall–Kier alpha value is -3.84. The third-order valence-corrected chi connectivity index (χ3v) is 5.11. The number of aromatic nitrogens is 3. The van der Waals surface area contributed by atoms with E-state index in [1.807, 2.05) is 6.92 Å². The van der Waals surface area contributed by atoms with Gasteiger partial charge in [-0.3, -0.25) is 4.79 Å². The van der Waals surface area contributed by atoms with E-state index in [2.05, 4.69) is 31.7 Å². The summed E-state index contributed by atoms with van der Waals surface area (Å²) in [4.78, 5) is 26.6. The molecule has 0 spiro atoms. The van der Waals surface area contributed by atoms with Crippen LogP contribution in [0.15, 0.2) is 24.4 Å². The minimum absolute atomic E-state index is 0.0171. The molecule has 31 heavy (non-hydrogen) atoms. The topological polar surface area (TPSA) is 128 Å². The first kappa shape index (κ1) is 20.4. The van der Waals surface area contributed by atoms with E-state index in [4.69, 9.17) is 9.47 Å². The summed E-state index contributed by atoms with van der Waals surface area (Å²) in [6, 6.07) is 7.33. The van der Waals surface area contributed by atoms with Crippen LogP contribution in [-0.2, 0) is 4.74 Å². The van der Waals surface area contributed by atoms with Crippen molar-refractivity contribution in [2.45, 2.75) is 13.0 Å². The standard InChI is InChI=1S/C21H23N7O3/c1-12-11-28(6-7-31-12)20(29)13-4-5-15(16(8-13)30-3)25-21-26-18(23-2)17-14(9-22)10-24-19(17)27-21/h4-5,8,10,12H,6-7,11H2,1-3H3,(H3,23,24,25,26,27). The van der Waals surface area contributed by atoms with Crippen LogP contribution in [-0.4, -0.2) is 65.7 Å². The van der Waals surface area contributed by atoms with Gasteiger partial charge in [-0.2, -0.15) is 15.2 Å². The Morgan fingerprint density at radius 3 is 2.97 bits per heavy atom. The fraction of sp³-hybridized carbons (Fsp3) is 0.333. The number of hydrogen-bond acceptors (Lipinski definition) is 8. The maximum atomic E-state index is 12.9. The lowest BCUT2D eigenvalue weighted by Crippen LogP contribution is -2.44. The minimum atomic E-state index is -0.0643. The number of fused-ring (bicyclic) bond motifs is 1. The number of carbonyl (C=O) groups is 1. The lowest BCUT2D eigenvalue weighted by molar-refractivity contribution is -0.0124. The Morgan fingerprint density at radius 2 is 2.26 bits per heavy atom. The Bertz CT molecular complexity index is 1170. The highest BCUT2D eigenvalue weighted by Crippen LogP contribution is 2.31. The van der Waals surface area contributed by atoms with Crippen LogP contribution in [0.3, 0.4) is 0 Å². The van der Waals surface area contributed by atoms with Gasteiger partial charge in [0.1, 0.15) is 23.3 Å². The number of methoxy groups -OCH3 is 1. The number of hydrogen-bond donors (Lipinski definition) is 3. The molecule has 1 aromatic carbocycles. The van der Waals surface area contributed by atoms with Gasteiger partial charge in [0.25, 0.3) is 5.91 Å². The average molecular weight is 421 g/mol. The van der Waals surface area contributed by atoms with Gasteiger partial charge in [-0.05, 0) is 25.1 Å². The molecule has 10 heteroatoms. The summed E-state index contributed by atoms with van der Waals surface area (Å²) in [6.45, 7) is 3.60. The van der Waals surface area contributed by atoms with Gasteiger partial charge in [-0.25, -0.2) is 0 Å². The summed E-state index contributed by atoms with van der Waals surface area (Å²) in [5.74, 6) is 1.27. The largest absolute Gasteiger partial charge is 0.495 e. The summed E-state index contributed by atoms with van der Waals surface area (Å²) < 4.78 is 11.0. The van der Waals surface area contributed by atoms with E-state index in [9.17, 15) is 10.1 Å². The molecule has 1 atom stereocenters. The number of ether oxygens (including phenoxy) is 2. The van der Waals surface area contributed by atoms with Crippen LogP contribution in [0.4, 0.5) is 17.5 Å². The van der Waals surface area contributed by atoms with Crippen molar-refractivity contribution in [1.82, 2.24) is 19.9 Å². The van der Waals surface area contributed by atoms with Gasteiger partial charge < -0.3 is 30.0 Å². The zero-order valence-electron chi connectivity index (χ0n) is 17.5. The van der Waals surface area contributed by atoms with Crippen molar-refractivity contribution in [2.24, 2.45) is 0 Å². The predicted octanol–water partition coefficient (Wildman–Crippen LogP) is 2.48. The van der Waals surface area contributed by atoms with Crippen LogP contribution in [0.1, 0.15) is 22.8 Å². The van der Waals surface area contributed by atoms with Gasteiger partial charge in [0.15, 0.2) is 0 Å². The molecule has 0 radical (unpaired) electrons. The summed E-state index contributed by atoms with van der Waals surface area (Å²) in [5.41, 5.74) is 2.14. The van der Waals surface area contributed by atoms with E-state index in [-0.39, 0.29) is 12.0 Å². The Kier molecular flexibility index (Phi) is 5.60. The molecule has 3 N–H and O–H groups in total. The first-order valence-corrected chi connectivity index (χ1v) is 9.87. The number of H-pyrrole nitrogens is 1. The fourth-order valence-corrected chi connectivity index (χ4v) is 3.59. The molecular formula is C21H23N7O3. The first-order valence-electron chi connectivity index (χ1n) is 9.87. The van der Waals surface area contributed by atoms with Crippen LogP contribution in [0.5, 0.6) is 5.75 Å². The average Bonchev–Trinajstić information content (AvgIpc) is 3.21. The molecule has 4 rings (SSSR count). The van der Waals surface area contributed by atoms with E-state index in [0.717, 1.165) is 0 Å². The van der Waals surface area contributed by atoms with E-state index in [1.165, 1.54) is 0 Å². The van der Waals surface area contributed by atoms with Crippen molar-refractivity contribution >= 4 is 34.4 Å². The van der Waals surface area contributed by atoms with Gasteiger partial charge in [0.2, 0.25) is 5.95 Å². The molecule has 0 saturated carbocycles. The number of benzene rings is 1. The highest BCUT2D eigenvalue weighted by Gasteiger charge is 2.23. The molecule has 2 aromatic heterocycles. The molecule has 1 aliphatic heterocycles. The van der Waals surface area contributed by atoms with Crippen LogP contribution in [0.2, 0.25) is 0 Å². The normalized spacial score (nSPS) is 16.1. The molecule has 1 amide bonds. The molecule has 1 saturated heterocycles. The molecule has 3 aromatic rings. The molecule has 1 unspecified atom stereocenters. The minimum Gasteiger partial charge on any atom is -0.495 e. The maximum absolute atomic E-state index is 12.9. The second-order valence-electron chi connectivity index (χ2n) is 7.16. The number of nitriles is 1. The zero-order valence-corrected chi connectivity index (χ0v) is 17.5. The number of nitrogens with zero attached hydrogens (tertiary/aromatic N) is 4. The van der Waals surface area contributed by atoms with E-state index in [1.54, 1.807) is 43.5 Å². The molecule has 1 aliphatic rings. The van der Waals surface area contributed by atoms with Crippen molar-refractivity contribution < 1.29 is 14.3 Å². The first-order chi connectivity index (χ1) is 15.0. The second-order valence-corrected chi connectivity index (χ2v) is 7.16. The van der Waals surface area contributed by atoms with Gasteiger partial charge in [0.05, 0.1) is 36.5 Å². The molecule has 10 nitrogen and oxygen atoms in total. The summed E-state index contributed by atoms with van der Waals surface area (Å²) in [7, 11) is 3.27. The summed E-state index contributed by atoms with van der Waals surface area (Å²) in [6.07, 6.45) is 1.61. The van der Waals surface area contributed by atoms with Gasteiger partial charge in [-0.1, -0.05) is 0 Å². The number of nitrogens with one attached hydrogen (secondary N) is 3. The zero-order chi connectivity index (χ0) is 22.0.